The third kappa shape index (κ3) is 2.49. The van der Waals surface area contributed by atoms with Gasteiger partial charge in [-0.05, 0) is 40.9 Å². The SMILES string of the molecule is O=C(NC1CC1)c1cc(F)c(Cl)c(Br)c1. The van der Waals surface area contributed by atoms with Crippen molar-refractivity contribution < 1.29 is 9.18 Å². The summed E-state index contributed by atoms with van der Waals surface area (Å²) in [7, 11) is 0. The van der Waals surface area contributed by atoms with Crippen molar-refractivity contribution in [2.24, 2.45) is 0 Å². The summed E-state index contributed by atoms with van der Waals surface area (Å²) < 4.78 is 13.6. The van der Waals surface area contributed by atoms with E-state index in [1.54, 1.807) is 0 Å². The summed E-state index contributed by atoms with van der Waals surface area (Å²) >= 11 is 8.71. The molecule has 1 aliphatic rings. The molecule has 1 aromatic carbocycles. The molecule has 15 heavy (non-hydrogen) atoms. The zero-order valence-electron chi connectivity index (χ0n) is 7.69. The summed E-state index contributed by atoms with van der Waals surface area (Å²) in [4.78, 5) is 11.6. The molecule has 5 heteroatoms. The van der Waals surface area contributed by atoms with Gasteiger partial charge in [-0.3, -0.25) is 4.79 Å². The fourth-order valence-corrected chi connectivity index (χ4v) is 1.73. The monoisotopic (exact) mass is 291 g/mol. The second kappa shape index (κ2) is 4.10. The van der Waals surface area contributed by atoms with E-state index in [9.17, 15) is 9.18 Å². The first-order valence-corrected chi connectivity index (χ1v) is 5.70. The fourth-order valence-electron chi connectivity index (χ4n) is 1.18. The zero-order chi connectivity index (χ0) is 11.0. The smallest absolute Gasteiger partial charge is 0.251 e. The lowest BCUT2D eigenvalue weighted by molar-refractivity contribution is 0.0950. The molecule has 2 rings (SSSR count). The highest BCUT2D eigenvalue weighted by Crippen LogP contribution is 2.27. The molecule has 1 aromatic rings. The third-order valence-electron chi connectivity index (χ3n) is 2.16. The molecular weight excluding hydrogens is 284 g/mol. The molecule has 0 saturated heterocycles. The van der Waals surface area contributed by atoms with Gasteiger partial charge in [0, 0.05) is 16.1 Å². The molecule has 1 fully saturated rings. The van der Waals surface area contributed by atoms with Gasteiger partial charge < -0.3 is 5.32 Å². The molecule has 2 nitrogen and oxygen atoms in total. The first kappa shape index (κ1) is 10.9. The van der Waals surface area contributed by atoms with Crippen LogP contribution in [0.15, 0.2) is 16.6 Å². The second-order valence-corrected chi connectivity index (χ2v) is 4.73. The van der Waals surface area contributed by atoms with E-state index in [1.807, 2.05) is 0 Å². The minimum Gasteiger partial charge on any atom is -0.349 e. The first-order valence-electron chi connectivity index (χ1n) is 4.53. The van der Waals surface area contributed by atoms with Gasteiger partial charge in [-0.1, -0.05) is 11.6 Å². The van der Waals surface area contributed by atoms with Gasteiger partial charge in [-0.25, -0.2) is 4.39 Å². The number of hydrogen-bond acceptors (Lipinski definition) is 1. The van der Waals surface area contributed by atoms with Gasteiger partial charge in [0.15, 0.2) is 0 Å². The predicted octanol–water partition coefficient (Wildman–Crippen LogP) is 3.13. The van der Waals surface area contributed by atoms with E-state index >= 15 is 0 Å². The average Bonchev–Trinajstić information content (AvgIpc) is 2.97. The van der Waals surface area contributed by atoms with Crippen LogP contribution in [-0.2, 0) is 0 Å². The van der Waals surface area contributed by atoms with Crippen molar-refractivity contribution in [2.75, 3.05) is 0 Å². The van der Waals surface area contributed by atoms with Crippen LogP contribution >= 0.6 is 27.5 Å². The summed E-state index contributed by atoms with van der Waals surface area (Å²) in [5, 5.41) is 2.77. The summed E-state index contributed by atoms with van der Waals surface area (Å²) in [5.41, 5.74) is 0.288. The first-order chi connectivity index (χ1) is 7.08. The number of hydrogen-bond donors (Lipinski definition) is 1. The van der Waals surface area contributed by atoms with Gasteiger partial charge in [0.2, 0.25) is 0 Å². The topological polar surface area (TPSA) is 29.1 Å². The lowest BCUT2D eigenvalue weighted by atomic mass is 10.2. The van der Waals surface area contributed by atoms with Gasteiger partial charge in [-0.15, -0.1) is 0 Å². The molecule has 0 bridgehead atoms. The fraction of sp³-hybridized carbons (Fsp3) is 0.300. The van der Waals surface area contributed by atoms with E-state index < -0.39 is 5.82 Å². The summed E-state index contributed by atoms with van der Waals surface area (Å²) in [5.74, 6) is -0.847. The number of carbonyl (C=O) groups is 1. The largest absolute Gasteiger partial charge is 0.349 e. The van der Waals surface area contributed by atoms with Gasteiger partial charge in [0.1, 0.15) is 5.82 Å². The molecule has 1 N–H and O–H groups in total. The van der Waals surface area contributed by atoms with Crippen molar-refractivity contribution in [2.45, 2.75) is 18.9 Å². The minimum absolute atomic E-state index is 0.00188. The Morgan fingerprint density at radius 1 is 1.53 bits per heavy atom. The molecule has 0 aliphatic heterocycles. The van der Waals surface area contributed by atoms with Crippen LogP contribution in [0.1, 0.15) is 23.2 Å². The van der Waals surface area contributed by atoms with Gasteiger partial charge in [0.05, 0.1) is 5.02 Å². The maximum atomic E-state index is 13.2. The molecule has 0 unspecified atom stereocenters. The predicted molar refractivity (Wildman–Crippen MR) is 59.6 cm³/mol. The van der Waals surface area contributed by atoms with Crippen molar-refractivity contribution in [3.63, 3.8) is 0 Å². The average molecular weight is 293 g/mol. The Labute approximate surface area is 99.9 Å². The maximum Gasteiger partial charge on any atom is 0.251 e. The van der Waals surface area contributed by atoms with E-state index in [-0.39, 0.29) is 22.5 Å². The molecule has 0 heterocycles. The second-order valence-electron chi connectivity index (χ2n) is 3.50. The van der Waals surface area contributed by atoms with Crippen molar-refractivity contribution in [1.82, 2.24) is 5.32 Å². The van der Waals surface area contributed by atoms with Crippen LogP contribution in [0, 0.1) is 5.82 Å². The minimum atomic E-state index is -0.591. The Bertz CT molecular complexity index is 397. The lowest BCUT2D eigenvalue weighted by Crippen LogP contribution is -2.25. The zero-order valence-corrected chi connectivity index (χ0v) is 10.0. The van der Waals surface area contributed by atoms with Gasteiger partial charge in [-0.2, -0.15) is 0 Å². The van der Waals surface area contributed by atoms with E-state index in [1.165, 1.54) is 6.07 Å². The normalized spacial score (nSPS) is 15.1. The molecule has 80 valence electrons. The molecule has 1 aliphatic carbocycles. The Balaban J connectivity index is 2.23. The Morgan fingerprint density at radius 2 is 2.20 bits per heavy atom. The van der Waals surface area contributed by atoms with E-state index in [0.717, 1.165) is 18.9 Å². The lowest BCUT2D eigenvalue weighted by Gasteiger charge is -2.05. The van der Waals surface area contributed by atoms with Crippen molar-refractivity contribution >= 4 is 33.4 Å². The highest BCUT2D eigenvalue weighted by molar-refractivity contribution is 9.10. The quantitative estimate of drug-likeness (QED) is 0.834. The van der Waals surface area contributed by atoms with Gasteiger partial charge in [0.25, 0.3) is 5.91 Å². The molecule has 1 saturated carbocycles. The number of carbonyl (C=O) groups excluding carboxylic acids is 1. The van der Waals surface area contributed by atoms with Crippen molar-refractivity contribution in [3.8, 4) is 0 Å². The van der Waals surface area contributed by atoms with Crippen LogP contribution in [0.3, 0.4) is 0 Å². The summed E-state index contributed by atoms with van der Waals surface area (Å²) in [6, 6.07) is 2.92. The van der Waals surface area contributed by atoms with Crippen LogP contribution in [0.2, 0.25) is 5.02 Å². The molecule has 1 amide bonds. The standard InChI is InChI=1S/C10H8BrClFNO/c11-7-3-5(4-8(13)9(7)12)10(15)14-6-1-2-6/h3-4,6H,1-2H2,(H,14,15). The van der Waals surface area contributed by atoms with Crippen LogP contribution < -0.4 is 5.32 Å². The summed E-state index contributed by atoms with van der Waals surface area (Å²) in [6.07, 6.45) is 2.01. The Hall–Kier alpha value is -0.610. The van der Waals surface area contributed by atoms with Crippen molar-refractivity contribution in [3.05, 3.63) is 33.0 Å². The Morgan fingerprint density at radius 3 is 2.73 bits per heavy atom. The molecule has 0 aromatic heterocycles. The van der Waals surface area contributed by atoms with E-state index in [4.69, 9.17) is 11.6 Å². The van der Waals surface area contributed by atoms with E-state index in [0.29, 0.717) is 4.47 Å². The molecule has 0 radical (unpaired) electrons. The number of nitrogens with one attached hydrogen (secondary N) is 1. The van der Waals surface area contributed by atoms with Gasteiger partial charge >= 0.3 is 0 Å². The highest BCUT2D eigenvalue weighted by Gasteiger charge is 2.24. The number of rotatable bonds is 2. The van der Waals surface area contributed by atoms with Crippen LogP contribution in [0.5, 0.6) is 0 Å². The van der Waals surface area contributed by atoms with Crippen LogP contribution in [0.25, 0.3) is 0 Å². The summed E-state index contributed by atoms with van der Waals surface area (Å²) in [6.45, 7) is 0. The number of amides is 1. The molecule has 0 atom stereocenters. The Kier molecular flexibility index (Phi) is 2.98. The number of halogens is 3. The van der Waals surface area contributed by atoms with Crippen LogP contribution in [-0.4, -0.2) is 11.9 Å². The van der Waals surface area contributed by atoms with Crippen LogP contribution in [0.4, 0.5) is 4.39 Å². The third-order valence-corrected chi connectivity index (χ3v) is 3.40. The molecular formula is C10H8BrClFNO. The number of benzene rings is 1. The highest BCUT2D eigenvalue weighted by atomic mass is 79.9. The maximum absolute atomic E-state index is 13.2. The molecule has 0 spiro atoms. The van der Waals surface area contributed by atoms with Crippen molar-refractivity contribution in [1.29, 1.82) is 0 Å². The van der Waals surface area contributed by atoms with E-state index in [2.05, 4.69) is 21.2 Å².